The van der Waals surface area contributed by atoms with Crippen LogP contribution in [-0.2, 0) is 11.5 Å². The van der Waals surface area contributed by atoms with E-state index in [0.717, 1.165) is 85.4 Å². The van der Waals surface area contributed by atoms with E-state index in [1.165, 1.54) is 51.4 Å². The molecule has 0 spiro atoms. The van der Waals surface area contributed by atoms with Crippen molar-refractivity contribution in [3.05, 3.63) is 68.8 Å². The fourth-order valence-corrected chi connectivity index (χ4v) is 10.4. The van der Waals surface area contributed by atoms with Crippen LogP contribution in [0.4, 0.5) is 11.4 Å². The minimum atomic E-state index is -0.128. The molecule has 8 rings (SSSR count). The minimum absolute atomic E-state index is 0.0583. The summed E-state index contributed by atoms with van der Waals surface area (Å²) < 4.78 is 0. The summed E-state index contributed by atoms with van der Waals surface area (Å²) in [7, 11) is 0. The molecule has 0 bridgehead atoms. The van der Waals surface area contributed by atoms with Gasteiger partial charge in [0.15, 0.2) is 0 Å². The highest BCUT2D eigenvalue weighted by Gasteiger charge is 2.22. The number of nitrogens with zero attached hydrogens (tertiary/aromatic N) is 2. The number of anilines is 2. The average Bonchev–Trinajstić information content (AvgIpc) is 3.86. The number of nitrogens with one attached hydrogen (secondary N) is 4. The van der Waals surface area contributed by atoms with Gasteiger partial charge in [0.25, 0.3) is 11.1 Å². The van der Waals surface area contributed by atoms with Crippen LogP contribution in [0.25, 0.3) is 21.8 Å². The van der Waals surface area contributed by atoms with E-state index in [1.54, 1.807) is 0 Å². The molecule has 0 saturated heterocycles. The number of aliphatic hydroxyl groups excluding tert-OH is 2. The zero-order valence-electron chi connectivity index (χ0n) is 30.1. The maximum absolute atomic E-state index is 12.4. The van der Waals surface area contributed by atoms with Gasteiger partial charge in [0.2, 0.25) is 0 Å². The molecule has 10 nitrogen and oxygen atoms in total. The summed E-state index contributed by atoms with van der Waals surface area (Å²) in [6, 6.07) is 12.8. The third-order valence-electron chi connectivity index (χ3n) is 11.2. The SMILES string of the molecule is O=c1[nH]c(CSC2CCC(O)CC2)nc2cc(NC3CCCC3)ccc12.O=c1[nH]c(CSC2CCC(O)CC2)nc2cc(NC3CCCC3)ccc12. The molecule has 4 fully saturated rings. The standard InChI is InChI=1S/2C20H27N3O2S/c2*24-15-6-8-16(9-7-15)26-12-19-22-18-11-14(21-13-3-1-2-4-13)5-10-17(18)20(25)23-19/h2*5,10-11,13,15-16,21,24H,1-4,6-9,12H2,(H,22,23,25). The zero-order chi connectivity index (χ0) is 35.9. The third kappa shape index (κ3) is 10.1. The quantitative estimate of drug-likeness (QED) is 0.0954. The van der Waals surface area contributed by atoms with Gasteiger partial charge in [-0.25, -0.2) is 9.97 Å². The Labute approximate surface area is 314 Å². The van der Waals surface area contributed by atoms with E-state index >= 15 is 0 Å². The maximum atomic E-state index is 12.4. The summed E-state index contributed by atoms with van der Waals surface area (Å²) in [6.07, 6.45) is 17.5. The molecular weight excluding hydrogens is 693 g/mol. The van der Waals surface area contributed by atoms with Gasteiger partial charge >= 0.3 is 0 Å². The molecule has 2 aromatic carbocycles. The number of rotatable bonds is 10. The van der Waals surface area contributed by atoms with E-state index < -0.39 is 0 Å². The van der Waals surface area contributed by atoms with Crippen molar-refractivity contribution in [2.45, 2.75) is 149 Å². The molecule has 280 valence electrons. The van der Waals surface area contributed by atoms with Crippen LogP contribution in [0.3, 0.4) is 0 Å². The molecule has 2 heterocycles. The lowest BCUT2D eigenvalue weighted by Gasteiger charge is -2.24. The summed E-state index contributed by atoms with van der Waals surface area (Å²) >= 11 is 3.68. The van der Waals surface area contributed by atoms with Gasteiger partial charge in [0.05, 0.1) is 45.5 Å². The molecule has 4 aromatic rings. The molecule has 0 amide bonds. The highest BCUT2D eigenvalue weighted by Crippen LogP contribution is 2.32. The van der Waals surface area contributed by atoms with E-state index in [9.17, 15) is 19.8 Å². The van der Waals surface area contributed by atoms with Crippen LogP contribution in [0.2, 0.25) is 0 Å². The van der Waals surface area contributed by atoms with Gasteiger partial charge in [-0.15, -0.1) is 0 Å². The molecule has 4 saturated carbocycles. The molecule has 6 N–H and O–H groups in total. The number of aromatic amines is 2. The first-order valence-electron chi connectivity index (χ1n) is 19.5. The molecular formula is C40H54N6O4S2. The third-order valence-corrected chi connectivity index (χ3v) is 13.9. The molecule has 52 heavy (non-hydrogen) atoms. The summed E-state index contributed by atoms with van der Waals surface area (Å²) in [5.41, 5.74) is 3.54. The van der Waals surface area contributed by atoms with E-state index in [4.69, 9.17) is 9.97 Å². The van der Waals surface area contributed by atoms with Crippen LogP contribution >= 0.6 is 23.5 Å². The number of aromatic nitrogens is 4. The first-order chi connectivity index (χ1) is 25.3. The summed E-state index contributed by atoms with van der Waals surface area (Å²) in [5.74, 6) is 2.92. The molecule has 12 heteroatoms. The van der Waals surface area contributed by atoms with Gasteiger partial charge in [-0.05, 0) is 113 Å². The lowest BCUT2D eigenvalue weighted by atomic mass is 9.97. The smallest absolute Gasteiger partial charge is 0.258 e. The van der Waals surface area contributed by atoms with Crippen molar-refractivity contribution < 1.29 is 10.2 Å². The number of H-pyrrole nitrogens is 2. The number of hydrogen-bond donors (Lipinski definition) is 6. The minimum Gasteiger partial charge on any atom is -0.393 e. The second-order valence-electron chi connectivity index (χ2n) is 15.2. The monoisotopic (exact) mass is 746 g/mol. The first-order valence-corrected chi connectivity index (χ1v) is 21.6. The normalized spacial score (nSPS) is 24.2. The van der Waals surface area contributed by atoms with E-state index in [1.807, 2.05) is 59.9 Å². The van der Waals surface area contributed by atoms with Gasteiger partial charge < -0.3 is 30.8 Å². The van der Waals surface area contributed by atoms with Crippen LogP contribution in [0.1, 0.15) is 114 Å². The Morgan fingerprint density at radius 3 is 1.35 bits per heavy atom. The zero-order valence-corrected chi connectivity index (χ0v) is 31.7. The number of aliphatic hydroxyl groups is 2. The Bertz CT molecular complexity index is 1750. The Hall–Kier alpha value is -3.06. The van der Waals surface area contributed by atoms with Gasteiger partial charge in [0, 0.05) is 34.0 Å². The summed E-state index contributed by atoms with van der Waals surface area (Å²) in [4.78, 5) is 40.1. The lowest BCUT2D eigenvalue weighted by Crippen LogP contribution is -2.20. The topological polar surface area (TPSA) is 156 Å². The molecule has 0 atom stereocenters. The number of thioether (sulfide) groups is 2. The lowest BCUT2D eigenvalue weighted by molar-refractivity contribution is 0.132. The summed E-state index contributed by atoms with van der Waals surface area (Å²) in [6.45, 7) is 0. The fraction of sp³-hybridized carbons (Fsp3) is 0.600. The maximum Gasteiger partial charge on any atom is 0.258 e. The molecule has 2 aromatic heterocycles. The van der Waals surface area contributed by atoms with Crippen molar-refractivity contribution in [3.8, 4) is 0 Å². The summed E-state index contributed by atoms with van der Waals surface area (Å²) in [5, 5.41) is 28.8. The van der Waals surface area contributed by atoms with E-state index in [0.29, 0.717) is 44.9 Å². The Morgan fingerprint density at radius 1 is 0.577 bits per heavy atom. The van der Waals surface area contributed by atoms with Gasteiger partial charge in [-0.3, -0.25) is 9.59 Å². The predicted molar refractivity (Wildman–Crippen MR) is 216 cm³/mol. The fourth-order valence-electron chi connectivity index (χ4n) is 8.12. The number of benzene rings is 2. The Balaban J connectivity index is 0.000000162. The van der Waals surface area contributed by atoms with Crippen molar-refractivity contribution in [2.24, 2.45) is 0 Å². The van der Waals surface area contributed by atoms with Crippen molar-refractivity contribution in [1.82, 2.24) is 19.9 Å². The number of hydrogen-bond acceptors (Lipinski definition) is 10. The molecule has 0 aliphatic heterocycles. The van der Waals surface area contributed by atoms with E-state index in [2.05, 4.69) is 20.6 Å². The Kier molecular flexibility index (Phi) is 12.8. The largest absolute Gasteiger partial charge is 0.393 e. The van der Waals surface area contributed by atoms with Crippen LogP contribution < -0.4 is 21.8 Å². The van der Waals surface area contributed by atoms with Crippen molar-refractivity contribution >= 4 is 56.7 Å². The van der Waals surface area contributed by atoms with Crippen LogP contribution in [-0.4, -0.2) is 64.9 Å². The van der Waals surface area contributed by atoms with Crippen molar-refractivity contribution in [2.75, 3.05) is 10.6 Å². The van der Waals surface area contributed by atoms with Crippen molar-refractivity contribution in [3.63, 3.8) is 0 Å². The average molecular weight is 747 g/mol. The van der Waals surface area contributed by atoms with Gasteiger partial charge in [0.1, 0.15) is 11.6 Å². The van der Waals surface area contributed by atoms with Crippen LogP contribution in [0.5, 0.6) is 0 Å². The molecule has 4 aliphatic rings. The number of fused-ring (bicyclic) bond motifs is 2. The second kappa shape index (κ2) is 17.8. The van der Waals surface area contributed by atoms with E-state index in [-0.39, 0.29) is 23.3 Å². The highest BCUT2D eigenvalue weighted by molar-refractivity contribution is 7.99. The highest BCUT2D eigenvalue weighted by atomic mass is 32.2. The molecule has 0 unspecified atom stereocenters. The second-order valence-corrected chi connectivity index (χ2v) is 17.8. The van der Waals surface area contributed by atoms with Crippen molar-refractivity contribution in [1.29, 1.82) is 0 Å². The molecule has 4 aliphatic carbocycles. The Morgan fingerprint density at radius 2 is 0.962 bits per heavy atom. The van der Waals surface area contributed by atoms with Crippen LogP contribution in [0.15, 0.2) is 46.0 Å². The van der Waals surface area contributed by atoms with Gasteiger partial charge in [-0.1, -0.05) is 25.7 Å². The first kappa shape index (κ1) is 37.3. The molecule has 0 radical (unpaired) electrons. The van der Waals surface area contributed by atoms with Crippen LogP contribution in [0, 0.1) is 0 Å². The predicted octanol–water partition coefficient (Wildman–Crippen LogP) is 7.63. The van der Waals surface area contributed by atoms with Gasteiger partial charge in [-0.2, -0.15) is 23.5 Å².